The normalized spacial score (nSPS) is 10.9. The SMILES string of the molecule is Cc1ccc(CN(Cc2ccccc2)C(=O)CN(C(=O)COCc2ccccc2)C(C)C)o1. The first-order valence-electron chi connectivity index (χ1n) is 11.2. The number of hydrogen-bond donors (Lipinski definition) is 0. The molecule has 0 aliphatic heterocycles. The maximum Gasteiger partial charge on any atom is 0.249 e. The highest BCUT2D eigenvalue weighted by Crippen LogP contribution is 2.14. The molecule has 0 aliphatic carbocycles. The quantitative estimate of drug-likeness (QED) is 0.431. The second-order valence-electron chi connectivity index (χ2n) is 8.34. The zero-order valence-electron chi connectivity index (χ0n) is 19.6. The van der Waals surface area contributed by atoms with Crippen LogP contribution in [0.15, 0.2) is 77.2 Å². The van der Waals surface area contributed by atoms with E-state index in [1.807, 2.05) is 93.6 Å². The summed E-state index contributed by atoms with van der Waals surface area (Å²) >= 11 is 0. The summed E-state index contributed by atoms with van der Waals surface area (Å²) in [6.07, 6.45) is 0. The predicted molar refractivity (Wildman–Crippen MR) is 127 cm³/mol. The van der Waals surface area contributed by atoms with Crippen molar-refractivity contribution in [1.29, 1.82) is 0 Å². The minimum absolute atomic E-state index is 0.0161. The highest BCUT2D eigenvalue weighted by Gasteiger charge is 2.24. The molecule has 0 unspecified atom stereocenters. The molecule has 0 radical (unpaired) electrons. The third-order valence-corrected chi connectivity index (χ3v) is 5.30. The van der Waals surface area contributed by atoms with Gasteiger partial charge in [-0.1, -0.05) is 60.7 Å². The van der Waals surface area contributed by atoms with E-state index in [0.29, 0.717) is 25.5 Å². The largest absolute Gasteiger partial charge is 0.464 e. The zero-order chi connectivity index (χ0) is 23.6. The number of ether oxygens (including phenoxy) is 1. The molecule has 0 N–H and O–H groups in total. The second kappa shape index (κ2) is 12.0. The second-order valence-corrected chi connectivity index (χ2v) is 8.34. The summed E-state index contributed by atoms with van der Waals surface area (Å²) in [7, 11) is 0. The van der Waals surface area contributed by atoms with Crippen molar-refractivity contribution in [2.75, 3.05) is 13.2 Å². The third-order valence-electron chi connectivity index (χ3n) is 5.30. The molecular weight excluding hydrogens is 416 g/mol. The van der Waals surface area contributed by atoms with Crippen molar-refractivity contribution in [2.24, 2.45) is 0 Å². The van der Waals surface area contributed by atoms with E-state index < -0.39 is 0 Å². The molecule has 3 aromatic rings. The highest BCUT2D eigenvalue weighted by molar-refractivity contribution is 5.85. The first-order chi connectivity index (χ1) is 15.9. The Balaban J connectivity index is 1.65. The van der Waals surface area contributed by atoms with Crippen LogP contribution in [0.1, 0.15) is 36.5 Å². The van der Waals surface area contributed by atoms with Crippen LogP contribution in [0.2, 0.25) is 0 Å². The lowest BCUT2D eigenvalue weighted by atomic mass is 10.2. The Labute approximate surface area is 195 Å². The highest BCUT2D eigenvalue weighted by atomic mass is 16.5. The average Bonchev–Trinajstić information content (AvgIpc) is 3.22. The number of hydrogen-bond acceptors (Lipinski definition) is 4. The van der Waals surface area contributed by atoms with Gasteiger partial charge in [-0.2, -0.15) is 0 Å². The zero-order valence-corrected chi connectivity index (χ0v) is 19.6. The summed E-state index contributed by atoms with van der Waals surface area (Å²) in [4.78, 5) is 29.5. The Hall–Kier alpha value is -3.38. The van der Waals surface area contributed by atoms with Gasteiger partial charge in [-0.3, -0.25) is 9.59 Å². The first-order valence-corrected chi connectivity index (χ1v) is 11.2. The van der Waals surface area contributed by atoms with Crippen molar-refractivity contribution in [3.05, 3.63) is 95.4 Å². The summed E-state index contributed by atoms with van der Waals surface area (Å²) in [6, 6.07) is 23.1. The first kappa shape index (κ1) is 24.3. The molecule has 0 saturated heterocycles. The topological polar surface area (TPSA) is 63.0 Å². The van der Waals surface area contributed by atoms with Crippen molar-refractivity contribution in [3.63, 3.8) is 0 Å². The number of benzene rings is 2. The molecule has 0 atom stereocenters. The third kappa shape index (κ3) is 7.61. The molecule has 0 bridgehead atoms. The minimum atomic E-state index is -0.206. The van der Waals surface area contributed by atoms with E-state index in [-0.39, 0.29) is 31.0 Å². The van der Waals surface area contributed by atoms with E-state index in [4.69, 9.17) is 9.15 Å². The van der Waals surface area contributed by atoms with E-state index in [2.05, 4.69) is 0 Å². The lowest BCUT2D eigenvalue weighted by Crippen LogP contribution is -2.46. The number of carbonyl (C=O) groups is 2. The van der Waals surface area contributed by atoms with Gasteiger partial charge in [-0.05, 0) is 44.0 Å². The smallest absolute Gasteiger partial charge is 0.249 e. The molecule has 0 saturated carbocycles. The number of furan rings is 1. The van der Waals surface area contributed by atoms with Crippen LogP contribution in [0.5, 0.6) is 0 Å². The van der Waals surface area contributed by atoms with Crippen molar-refractivity contribution in [2.45, 2.75) is 46.5 Å². The van der Waals surface area contributed by atoms with E-state index in [1.165, 1.54) is 0 Å². The molecule has 2 aromatic carbocycles. The molecule has 1 aromatic heterocycles. The molecule has 2 amide bonds. The molecule has 0 aliphatic rings. The van der Waals surface area contributed by atoms with Crippen LogP contribution in [0.4, 0.5) is 0 Å². The van der Waals surface area contributed by atoms with Gasteiger partial charge in [-0.25, -0.2) is 0 Å². The molecule has 0 spiro atoms. The Morgan fingerprint density at radius 3 is 2.06 bits per heavy atom. The van der Waals surface area contributed by atoms with Crippen molar-refractivity contribution < 1.29 is 18.7 Å². The van der Waals surface area contributed by atoms with Gasteiger partial charge in [0.15, 0.2) is 0 Å². The lowest BCUT2D eigenvalue weighted by molar-refractivity contribution is -0.145. The summed E-state index contributed by atoms with van der Waals surface area (Å²) in [5.74, 6) is 1.16. The fourth-order valence-corrected chi connectivity index (χ4v) is 3.51. The number of rotatable bonds is 11. The van der Waals surface area contributed by atoms with Crippen LogP contribution in [0, 0.1) is 6.92 Å². The van der Waals surface area contributed by atoms with E-state index in [1.54, 1.807) is 9.80 Å². The van der Waals surface area contributed by atoms with Crippen LogP contribution in [0.3, 0.4) is 0 Å². The van der Waals surface area contributed by atoms with Gasteiger partial charge < -0.3 is 19.0 Å². The van der Waals surface area contributed by atoms with Crippen LogP contribution in [0.25, 0.3) is 0 Å². The molecule has 33 heavy (non-hydrogen) atoms. The number of nitrogens with zero attached hydrogens (tertiary/aromatic N) is 2. The Kier molecular flexibility index (Phi) is 8.84. The van der Waals surface area contributed by atoms with Gasteiger partial charge in [0, 0.05) is 12.6 Å². The van der Waals surface area contributed by atoms with Crippen LogP contribution >= 0.6 is 0 Å². The van der Waals surface area contributed by atoms with Crippen molar-refractivity contribution in [1.82, 2.24) is 9.80 Å². The van der Waals surface area contributed by atoms with Gasteiger partial charge in [0.1, 0.15) is 24.7 Å². The number of aryl methyl sites for hydroxylation is 1. The van der Waals surface area contributed by atoms with E-state index in [9.17, 15) is 9.59 Å². The molecule has 1 heterocycles. The standard InChI is InChI=1S/C27H32N2O4/c1-21(2)29(27(31)20-32-19-24-12-8-5-9-13-24)18-26(30)28(16-23-10-6-4-7-11-23)17-25-15-14-22(3)33-25/h4-15,21H,16-20H2,1-3H3. The van der Waals surface area contributed by atoms with Gasteiger partial charge in [0.05, 0.1) is 13.2 Å². The maximum atomic E-state index is 13.3. The Morgan fingerprint density at radius 2 is 1.48 bits per heavy atom. The predicted octanol–water partition coefficient (Wildman–Crippen LogP) is 4.57. The fourth-order valence-electron chi connectivity index (χ4n) is 3.51. The van der Waals surface area contributed by atoms with Crippen LogP contribution in [-0.2, 0) is 34.0 Å². The fraction of sp³-hybridized carbons (Fsp3) is 0.333. The molecule has 174 valence electrons. The monoisotopic (exact) mass is 448 g/mol. The Bertz CT molecular complexity index is 1010. The van der Waals surface area contributed by atoms with Gasteiger partial charge in [0.25, 0.3) is 0 Å². The number of carbonyl (C=O) groups excluding carboxylic acids is 2. The number of amides is 2. The van der Waals surface area contributed by atoms with Gasteiger partial charge >= 0.3 is 0 Å². The van der Waals surface area contributed by atoms with Gasteiger partial charge in [-0.15, -0.1) is 0 Å². The lowest BCUT2D eigenvalue weighted by Gasteiger charge is -2.30. The molecule has 6 heteroatoms. The molecule has 3 rings (SSSR count). The maximum absolute atomic E-state index is 13.3. The summed E-state index contributed by atoms with van der Waals surface area (Å²) in [5.41, 5.74) is 2.02. The van der Waals surface area contributed by atoms with Crippen molar-refractivity contribution in [3.8, 4) is 0 Å². The summed E-state index contributed by atoms with van der Waals surface area (Å²) in [6.45, 7) is 6.72. The van der Waals surface area contributed by atoms with Gasteiger partial charge in [0.2, 0.25) is 11.8 Å². The summed E-state index contributed by atoms with van der Waals surface area (Å²) < 4.78 is 11.3. The summed E-state index contributed by atoms with van der Waals surface area (Å²) in [5, 5.41) is 0. The van der Waals surface area contributed by atoms with Crippen molar-refractivity contribution >= 4 is 11.8 Å². The average molecular weight is 449 g/mol. The Morgan fingerprint density at radius 1 is 0.848 bits per heavy atom. The van der Waals surface area contributed by atoms with Crippen LogP contribution < -0.4 is 0 Å². The molecule has 0 fully saturated rings. The molecule has 6 nitrogen and oxygen atoms in total. The van der Waals surface area contributed by atoms with Crippen LogP contribution in [-0.4, -0.2) is 40.8 Å². The minimum Gasteiger partial charge on any atom is -0.464 e. The van der Waals surface area contributed by atoms with E-state index in [0.717, 1.165) is 16.9 Å². The molecular formula is C27H32N2O4. The van der Waals surface area contributed by atoms with E-state index >= 15 is 0 Å².